The Morgan fingerprint density at radius 3 is 2.63 bits per heavy atom. The molecule has 3 rings (SSSR count). The number of hydrogen-bond donors (Lipinski definition) is 3. The van der Waals surface area contributed by atoms with Gasteiger partial charge in [-0.2, -0.15) is 0 Å². The highest BCUT2D eigenvalue weighted by Gasteiger charge is 2.12. The summed E-state index contributed by atoms with van der Waals surface area (Å²) in [5.74, 6) is 0.760. The number of ether oxygens (including phenoxy) is 1. The zero-order chi connectivity index (χ0) is 19.1. The van der Waals surface area contributed by atoms with E-state index in [2.05, 4.69) is 16.2 Å². The average molecular weight is 367 g/mol. The molecule has 140 valence electrons. The Kier molecular flexibility index (Phi) is 5.94. The third kappa shape index (κ3) is 5.01. The molecule has 3 amide bonds. The number of benzene rings is 2. The van der Waals surface area contributed by atoms with E-state index in [0.29, 0.717) is 18.1 Å². The maximum absolute atomic E-state index is 12.0. The zero-order valence-electron chi connectivity index (χ0n) is 15.0. The summed E-state index contributed by atoms with van der Waals surface area (Å²) in [7, 11) is 0. The number of carbonyl (C=O) groups excluding carboxylic acids is 2. The van der Waals surface area contributed by atoms with Gasteiger partial charge in [-0.1, -0.05) is 37.3 Å². The second kappa shape index (κ2) is 8.75. The molecule has 3 N–H and O–H groups in total. The molecule has 0 atom stereocenters. The van der Waals surface area contributed by atoms with Crippen LogP contribution in [0.4, 0.5) is 4.79 Å². The Morgan fingerprint density at radius 1 is 1.00 bits per heavy atom. The van der Waals surface area contributed by atoms with E-state index in [9.17, 15) is 9.59 Å². The van der Waals surface area contributed by atoms with Gasteiger partial charge in [0.2, 0.25) is 0 Å². The highest BCUT2D eigenvalue weighted by atomic mass is 16.5. The summed E-state index contributed by atoms with van der Waals surface area (Å²) in [5, 5.41) is 4.80. The molecule has 0 aliphatic heterocycles. The van der Waals surface area contributed by atoms with Crippen LogP contribution < -0.4 is 20.9 Å². The van der Waals surface area contributed by atoms with Crippen molar-refractivity contribution in [2.24, 2.45) is 0 Å². The average Bonchev–Trinajstić information content (AvgIpc) is 3.18. The van der Waals surface area contributed by atoms with Crippen LogP contribution in [0.1, 0.15) is 29.7 Å². The predicted molar refractivity (Wildman–Crippen MR) is 101 cm³/mol. The molecule has 0 saturated carbocycles. The fraction of sp³-hybridized carbons (Fsp3) is 0.200. The summed E-state index contributed by atoms with van der Waals surface area (Å²) >= 11 is 0. The lowest BCUT2D eigenvalue weighted by Crippen LogP contribution is -2.47. The van der Waals surface area contributed by atoms with Gasteiger partial charge in [0, 0.05) is 6.54 Å². The van der Waals surface area contributed by atoms with Gasteiger partial charge in [-0.25, -0.2) is 10.2 Å². The Labute approximate surface area is 156 Å². The predicted octanol–water partition coefficient (Wildman–Crippen LogP) is 3.37. The Hall–Kier alpha value is -3.48. The van der Waals surface area contributed by atoms with Crippen LogP contribution in [0.2, 0.25) is 0 Å². The van der Waals surface area contributed by atoms with Crippen LogP contribution in [0, 0.1) is 0 Å². The molecule has 2 aromatic carbocycles. The molecule has 7 heteroatoms. The van der Waals surface area contributed by atoms with E-state index in [0.717, 1.165) is 17.2 Å². The summed E-state index contributed by atoms with van der Waals surface area (Å²) in [6.07, 6.45) is 0.806. The van der Waals surface area contributed by atoms with Crippen LogP contribution in [0.15, 0.2) is 59.0 Å². The normalized spacial score (nSPS) is 10.4. The first-order valence-electron chi connectivity index (χ1n) is 8.70. The van der Waals surface area contributed by atoms with Gasteiger partial charge in [0.25, 0.3) is 0 Å². The van der Waals surface area contributed by atoms with Crippen molar-refractivity contribution in [3.8, 4) is 5.75 Å². The molecular formula is C20H21N3O4. The van der Waals surface area contributed by atoms with Crippen molar-refractivity contribution < 1.29 is 18.7 Å². The van der Waals surface area contributed by atoms with Gasteiger partial charge in [-0.05, 0) is 41.5 Å². The number of amides is 3. The molecule has 0 aliphatic rings. The van der Waals surface area contributed by atoms with Crippen molar-refractivity contribution in [1.82, 2.24) is 16.2 Å². The van der Waals surface area contributed by atoms with Crippen LogP contribution in [-0.2, 0) is 6.61 Å². The summed E-state index contributed by atoms with van der Waals surface area (Å²) in [5.41, 5.74) is 4.54. The van der Waals surface area contributed by atoms with Gasteiger partial charge in [0.05, 0.1) is 0 Å². The molecule has 1 aromatic heterocycles. The lowest BCUT2D eigenvalue weighted by atomic mass is 10.1. The third-order valence-electron chi connectivity index (χ3n) is 3.81. The molecule has 0 aliphatic carbocycles. The Bertz CT molecular complexity index is 936. The van der Waals surface area contributed by atoms with Gasteiger partial charge in [0.15, 0.2) is 5.76 Å². The van der Waals surface area contributed by atoms with Gasteiger partial charge >= 0.3 is 11.9 Å². The van der Waals surface area contributed by atoms with E-state index in [1.54, 1.807) is 6.07 Å². The van der Waals surface area contributed by atoms with Crippen LogP contribution in [0.5, 0.6) is 5.75 Å². The standard InChI is InChI=1S/C20H21N3O4/c1-2-11-21-20(25)23-22-19(24)18-10-9-17(27-18)13-26-16-8-7-14-5-3-4-6-15(14)12-16/h3-10,12H,2,11,13H2,1H3,(H,22,24)(H2,21,23,25). The van der Waals surface area contributed by atoms with Crippen LogP contribution >= 0.6 is 0 Å². The largest absolute Gasteiger partial charge is 0.486 e. The number of hydrazine groups is 1. The molecule has 0 spiro atoms. The maximum Gasteiger partial charge on any atom is 0.333 e. The number of furan rings is 1. The fourth-order valence-electron chi connectivity index (χ4n) is 2.45. The number of carbonyl (C=O) groups is 2. The maximum atomic E-state index is 12.0. The van der Waals surface area contributed by atoms with Crippen LogP contribution in [-0.4, -0.2) is 18.5 Å². The summed E-state index contributed by atoms with van der Waals surface area (Å²) in [4.78, 5) is 23.4. The Balaban J connectivity index is 1.52. The first-order valence-corrected chi connectivity index (χ1v) is 8.70. The molecule has 27 heavy (non-hydrogen) atoms. The van der Waals surface area contributed by atoms with E-state index in [-0.39, 0.29) is 12.4 Å². The molecule has 0 unspecified atom stereocenters. The quantitative estimate of drug-likeness (QED) is 0.583. The summed E-state index contributed by atoms with van der Waals surface area (Å²) in [6, 6.07) is 16.5. The highest BCUT2D eigenvalue weighted by Crippen LogP contribution is 2.21. The van der Waals surface area contributed by atoms with Crippen molar-refractivity contribution in [1.29, 1.82) is 0 Å². The third-order valence-corrected chi connectivity index (χ3v) is 3.81. The minimum absolute atomic E-state index is 0.0860. The van der Waals surface area contributed by atoms with Gasteiger partial charge < -0.3 is 14.5 Å². The summed E-state index contributed by atoms with van der Waals surface area (Å²) < 4.78 is 11.2. The van der Waals surface area contributed by atoms with Crippen LogP contribution in [0.25, 0.3) is 10.8 Å². The number of rotatable bonds is 6. The Morgan fingerprint density at radius 2 is 1.81 bits per heavy atom. The number of fused-ring (bicyclic) bond motifs is 1. The molecule has 3 aromatic rings. The molecule has 1 heterocycles. The van der Waals surface area contributed by atoms with E-state index < -0.39 is 11.9 Å². The van der Waals surface area contributed by atoms with Crippen molar-refractivity contribution in [2.75, 3.05) is 6.54 Å². The van der Waals surface area contributed by atoms with Crippen LogP contribution in [0.3, 0.4) is 0 Å². The monoisotopic (exact) mass is 367 g/mol. The van der Waals surface area contributed by atoms with Crippen molar-refractivity contribution in [3.05, 3.63) is 66.1 Å². The zero-order valence-corrected chi connectivity index (χ0v) is 15.0. The molecule has 0 radical (unpaired) electrons. The fourth-order valence-corrected chi connectivity index (χ4v) is 2.45. The van der Waals surface area contributed by atoms with E-state index in [1.807, 2.05) is 49.4 Å². The van der Waals surface area contributed by atoms with Gasteiger partial charge in [0.1, 0.15) is 18.1 Å². The lowest BCUT2D eigenvalue weighted by Gasteiger charge is -2.07. The smallest absolute Gasteiger partial charge is 0.333 e. The lowest BCUT2D eigenvalue weighted by molar-refractivity contribution is 0.0904. The van der Waals surface area contributed by atoms with Gasteiger partial charge in [-0.15, -0.1) is 0 Å². The van der Waals surface area contributed by atoms with E-state index >= 15 is 0 Å². The summed E-state index contributed by atoms with van der Waals surface area (Å²) in [6.45, 7) is 2.65. The SMILES string of the molecule is CCCNC(=O)NNC(=O)c1ccc(COc2ccc3ccccc3c2)o1. The van der Waals surface area contributed by atoms with E-state index in [1.165, 1.54) is 6.07 Å². The van der Waals surface area contributed by atoms with E-state index in [4.69, 9.17) is 9.15 Å². The molecule has 7 nitrogen and oxygen atoms in total. The van der Waals surface area contributed by atoms with Gasteiger partial charge in [-0.3, -0.25) is 10.2 Å². The number of urea groups is 1. The minimum Gasteiger partial charge on any atom is -0.486 e. The molecular weight excluding hydrogens is 346 g/mol. The first-order chi connectivity index (χ1) is 13.2. The van der Waals surface area contributed by atoms with Crippen molar-refractivity contribution in [3.63, 3.8) is 0 Å². The molecule has 0 saturated heterocycles. The minimum atomic E-state index is -0.543. The number of hydrogen-bond acceptors (Lipinski definition) is 4. The number of nitrogens with one attached hydrogen (secondary N) is 3. The van der Waals surface area contributed by atoms with Crippen molar-refractivity contribution in [2.45, 2.75) is 20.0 Å². The second-order valence-electron chi connectivity index (χ2n) is 5.90. The first kappa shape index (κ1) is 18.3. The van der Waals surface area contributed by atoms with Crippen molar-refractivity contribution >= 4 is 22.7 Å². The second-order valence-corrected chi connectivity index (χ2v) is 5.90. The topological polar surface area (TPSA) is 92.6 Å². The molecule has 0 fully saturated rings. The molecule has 0 bridgehead atoms. The highest BCUT2D eigenvalue weighted by molar-refractivity contribution is 5.92.